The second-order valence-corrected chi connectivity index (χ2v) is 14.8. The lowest BCUT2D eigenvalue weighted by molar-refractivity contribution is -0.384. The van der Waals surface area contributed by atoms with E-state index in [0.29, 0.717) is 18.4 Å². The number of ketones is 1. The Balaban J connectivity index is 1.67. The van der Waals surface area contributed by atoms with E-state index in [1.165, 1.54) is 18.2 Å². The number of ether oxygens (including phenoxy) is 3. The fraction of sp³-hybridized carbons (Fsp3) is 0.474. The van der Waals surface area contributed by atoms with Gasteiger partial charge in [0.15, 0.2) is 0 Å². The number of aliphatic hydroxyl groups excluding tert-OH is 1. The molecule has 268 valence electrons. The van der Waals surface area contributed by atoms with E-state index in [4.69, 9.17) is 14.2 Å². The maximum atomic E-state index is 14.3. The van der Waals surface area contributed by atoms with Crippen LogP contribution < -0.4 is 0 Å². The van der Waals surface area contributed by atoms with Crippen LogP contribution in [0.1, 0.15) is 88.5 Å². The van der Waals surface area contributed by atoms with Crippen molar-refractivity contribution in [1.29, 1.82) is 0 Å². The van der Waals surface area contributed by atoms with Gasteiger partial charge in [0.05, 0.1) is 38.1 Å². The molecular weight excluding hydrogens is 660 g/mol. The predicted molar refractivity (Wildman–Crippen MR) is 190 cm³/mol. The first kappa shape index (κ1) is 38.4. The molecule has 11 nitrogen and oxygen atoms in total. The number of nitrogens with zero attached hydrogens (tertiary/aromatic N) is 2. The summed E-state index contributed by atoms with van der Waals surface area (Å²) in [7, 11) is 0. The molecule has 1 N–H and O–H groups in total. The molecule has 0 saturated heterocycles. The number of fused-ring (bicyclic) bond motifs is 1. The standard InChI is InChI=1S/C38H46N2O9S/c1-7-10-29-35(42)24(3)12-8-11-23(2)15-17-31(27-16-18-32-30(20-27)39-25(4)50-32)48-34(41)21-33(38(5,6)36(29)43)49-37(44)47-22-26-13-9-14-28(19-26)40(45)46/h7,9,13-16,18-20,24,29,31,33,35,42H,1,8,10-12,17,21-22H2,2-6H3/t24-,29+,31-,33-,35-/m0/s1. The zero-order chi connectivity index (χ0) is 36.6. The number of thiazole rings is 1. The summed E-state index contributed by atoms with van der Waals surface area (Å²) in [5, 5.41) is 23.5. The number of nitro groups is 1. The quantitative estimate of drug-likeness (QED) is 0.109. The van der Waals surface area contributed by atoms with Gasteiger partial charge in [-0.05, 0) is 82.6 Å². The Morgan fingerprint density at radius 3 is 2.70 bits per heavy atom. The summed E-state index contributed by atoms with van der Waals surface area (Å²) in [4.78, 5) is 56.4. The highest BCUT2D eigenvalue weighted by atomic mass is 32.1. The molecule has 1 aliphatic rings. The Bertz CT molecular complexity index is 1750. The summed E-state index contributed by atoms with van der Waals surface area (Å²) in [6.07, 6.45) is 1.78. The molecule has 0 saturated carbocycles. The fourth-order valence-electron chi connectivity index (χ4n) is 6.26. The Hall–Kier alpha value is -4.42. The number of carbonyl (C=O) groups is 3. The molecule has 4 rings (SSSR count). The molecular formula is C38H46N2O9S. The van der Waals surface area contributed by atoms with Crippen molar-refractivity contribution in [1.82, 2.24) is 4.98 Å². The zero-order valence-electron chi connectivity index (χ0n) is 29.3. The fourth-order valence-corrected chi connectivity index (χ4v) is 7.07. The number of carbonyl (C=O) groups excluding carboxylic acids is 3. The van der Waals surface area contributed by atoms with E-state index in [-0.39, 0.29) is 24.6 Å². The first-order valence-electron chi connectivity index (χ1n) is 16.8. The number of Topliss-reactive ketones (excluding diaryl/α,β-unsaturated/α-hetero) is 1. The number of aryl methyl sites for hydroxylation is 1. The number of aromatic nitrogens is 1. The number of aliphatic hydroxyl groups is 1. The molecule has 1 aliphatic heterocycles. The Labute approximate surface area is 296 Å². The van der Waals surface area contributed by atoms with Gasteiger partial charge >= 0.3 is 12.1 Å². The van der Waals surface area contributed by atoms with E-state index in [1.54, 1.807) is 37.3 Å². The number of esters is 1. The largest absolute Gasteiger partial charge is 0.508 e. The van der Waals surface area contributed by atoms with Crippen LogP contribution in [0.15, 0.2) is 66.8 Å². The van der Waals surface area contributed by atoms with Crippen LogP contribution in [-0.4, -0.2) is 45.1 Å². The van der Waals surface area contributed by atoms with Crippen LogP contribution in [0.4, 0.5) is 10.5 Å². The number of hydrogen-bond acceptors (Lipinski definition) is 11. The third-order valence-electron chi connectivity index (χ3n) is 9.34. The van der Waals surface area contributed by atoms with Crippen molar-refractivity contribution in [2.45, 2.75) is 98.1 Å². The zero-order valence-corrected chi connectivity index (χ0v) is 30.1. The average molecular weight is 707 g/mol. The molecule has 1 aromatic heterocycles. The van der Waals surface area contributed by atoms with Crippen LogP contribution in [0.5, 0.6) is 0 Å². The normalized spacial score (nSPS) is 23.8. The Morgan fingerprint density at radius 1 is 1.22 bits per heavy atom. The number of cyclic esters (lactones) is 1. The van der Waals surface area contributed by atoms with E-state index in [9.17, 15) is 29.6 Å². The highest BCUT2D eigenvalue weighted by Crippen LogP contribution is 2.37. The smallest absolute Gasteiger partial charge is 0.457 e. The van der Waals surface area contributed by atoms with Crippen molar-refractivity contribution in [2.75, 3.05) is 0 Å². The number of nitro benzene ring substituents is 1. The van der Waals surface area contributed by atoms with Gasteiger partial charge < -0.3 is 19.3 Å². The first-order valence-corrected chi connectivity index (χ1v) is 17.6. The van der Waals surface area contributed by atoms with Gasteiger partial charge in [0, 0.05) is 24.5 Å². The summed E-state index contributed by atoms with van der Waals surface area (Å²) in [5.41, 5.74) is 1.37. The first-order chi connectivity index (χ1) is 23.7. The molecule has 2 aromatic carbocycles. The van der Waals surface area contributed by atoms with Crippen LogP contribution in [-0.2, 0) is 30.4 Å². The predicted octanol–water partition coefficient (Wildman–Crippen LogP) is 8.51. The van der Waals surface area contributed by atoms with Gasteiger partial charge in [0.25, 0.3) is 5.69 Å². The van der Waals surface area contributed by atoms with E-state index in [2.05, 4.69) is 17.6 Å². The van der Waals surface area contributed by atoms with Crippen molar-refractivity contribution in [3.05, 3.63) is 93.0 Å². The molecule has 2 heterocycles. The lowest BCUT2D eigenvalue weighted by Crippen LogP contribution is -2.48. The minimum absolute atomic E-state index is 0.170. The van der Waals surface area contributed by atoms with E-state index >= 15 is 0 Å². The van der Waals surface area contributed by atoms with Gasteiger partial charge in [0.1, 0.15) is 24.6 Å². The summed E-state index contributed by atoms with van der Waals surface area (Å²) >= 11 is 1.57. The van der Waals surface area contributed by atoms with Crippen molar-refractivity contribution in [3.63, 3.8) is 0 Å². The third kappa shape index (κ3) is 9.85. The third-order valence-corrected chi connectivity index (χ3v) is 10.3. The molecule has 0 unspecified atom stereocenters. The van der Waals surface area contributed by atoms with Crippen molar-refractivity contribution < 1.29 is 38.6 Å². The van der Waals surface area contributed by atoms with Crippen LogP contribution >= 0.6 is 11.3 Å². The van der Waals surface area contributed by atoms with Crippen LogP contribution in [0, 0.1) is 34.3 Å². The Morgan fingerprint density at radius 2 is 1.98 bits per heavy atom. The van der Waals surface area contributed by atoms with Crippen LogP contribution in [0.3, 0.4) is 0 Å². The maximum Gasteiger partial charge on any atom is 0.508 e. The number of allylic oxidation sites excluding steroid dienone is 2. The summed E-state index contributed by atoms with van der Waals surface area (Å²) < 4.78 is 18.1. The number of non-ortho nitro benzene ring substituents is 1. The highest BCUT2D eigenvalue weighted by Gasteiger charge is 2.46. The summed E-state index contributed by atoms with van der Waals surface area (Å²) in [5.74, 6) is -2.18. The van der Waals surface area contributed by atoms with Crippen LogP contribution in [0.2, 0.25) is 0 Å². The SMILES string of the molecule is C=CC[C@H]1C(=O)C(C)(C)[C@@H](OC(=O)OCc2cccc([N+](=O)[O-])c2)CC(=O)O[C@H](c2ccc3sc(C)nc3c2)CC=C(C)CCC[C@H](C)[C@@H]1O. The minimum atomic E-state index is -1.47. The van der Waals surface area contributed by atoms with Gasteiger partial charge in [-0.2, -0.15) is 0 Å². The maximum absolute atomic E-state index is 14.3. The Kier molecular flexibility index (Phi) is 13.0. The molecule has 0 amide bonds. The molecule has 5 atom stereocenters. The second-order valence-electron chi connectivity index (χ2n) is 13.6. The molecule has 0 fully saturated rings. The lowest BCUT2D eigenvalue weighted by Gasteiger charge is -2.37. The van der Waals surface area contributed by atoms with Gasteiger partial charge in [-0.15, -0.1) is 17.9 Å². The number of hydrogen-bond donors (Lipinski definition) is 1. The van der Waals surface area contributed by atoms with Gasteiger partial charge in [-0.25, -0.2) is 9.78 Å². The van der Waals surface area contributed by atoms with Gasteiger partial charge in [-0.1, -0.05) is 42.8 Å². The molecule has 0 bridgehead atoms. The van der Waals surface area contributed by atoms with Crippen molar-refractivity contribution in [2.24, 2.45) is 17.3 Å². The van der Waals surface area contributed by atoms with E-state index < -0.39 is 58.9 Å². The van der Waals surface area contributed by atoms with Crippen molar-refractivity contribution >= 4 is 45.1 Å². The van der Waals surface area contributed by atoms with E-state index in [1.807, 2.05) is 39.0 Å². The molecule has 50 heavy (non-hydrogen) atoms. The van der Waals surface area contributed by atoms with Crippen LogP contribution in [0.25, 0.3) is 10.2 Å². The second kappa shape index (κ2) is 17.0. The number of benzene rings is 2. The molecule has 12 heteroatoms. The summed E-state index contributed by atoms with van der Waals surface area (Å²) in [6, 6.07) is 11.4. The topological polar surface area (TPSA) is 155 Å². The monoisotopic (exact) mass is 706 g/mol. The number of rotatable bonds is 7. The van der Waals surface area contributed by atoms with Crippen molar-refractivity contribution in [3.8, 4) is 0 Å². The van der Waals surface area contributed by atoms with Gasteiger partial charge in [0.2, 0.25) is 0 Å². The van der Waals surface area contributed by atoms with E-state index in [0.717, 1.165) is 39.2 Å². The minimum Gasteiger partial charge on any atom is -0.457 e. The molecule has 0 aliphatic carbocycles. The highest BCUT2D eigenvalue weighted by molar-refractivity contribution is 7.18. The summed E-state index contributed by atoms with van der Waals surface area (Å²) in [6.45, 7) is 12.5. The van der Waals surface area contributed by atoms with Gasteiger partial charge in [-0.3, -0.25) is 19.7 Å². The molecule has 0 spiro atoms. The molecule has 0 radical (unpaired) electrons. The lowest BCUT2D eigenvalue weighted by atomic mass is 9.71. The average Bonchev–Trinajstić information content (AvgIpc) is 3.46. The molecule has 3 aromatic rings.